The predicted octanol–water partition coefficient (Wildman–Crippen LogP) is 7.41. The third kappa shape index (κ3) is 13.4. The van der Waals surface area contributed by atoms with Crippen molar-refractivity contribution >= 4 is 63.7 Å². The number of amides is 4. The van der Waals surface area contributed by atoms with Gasteiger partial charge in [0.15, 0.2) is 12.2 Å². The number of hydrogen-bond donors (Lipinski definition) is 2. The standard InChI is InChI=1S/C48H52N4O12S2/c1-6-33-13-11-32(25-49-33)38(64-44(58)47(2,3)4)28-62-35-15-7-29(8-16-35)23-39-42(56)52(46(60)65-39)22-21-34-14-12-31(26-50-34)37(63-41(55)20-19-40(53)54)27-61-36-17-9-30(10-18-36)24-48(5)43(57)51-45(59)66-48/h7-18,25-26,37-39H,6,19-24,27-28H2,1-5H3,(H,53,54)(H,51,57,59)/t37?,38-,39?,48?/m0/s1. The second-order valence-corrected chi connectivity index (χ2v) is 19.6. The molecule has 2 aliphatic heterocycles. The van der Waals surface area contributed by atoms with E-state index in [1.807, 2.05) is 31.2 Å². The summed E-state index contributed by atoms with van der Waals surface area (Å²) in [5, 5.41) is 10.0. The Kier molecular flexibility index (Phi) is 16.2. The summed E-state index contributed by atoms with van der Waals surface area (Å²) >= 11 is 1.91. The summed E-state index contributed by atoms with van der Waals surface area (Å²) in [5.74, 6) is -1.93. The second kappa shape index (κ2) is 21.8. The Morgan fingerprint density at radius 3 is 1.89 bits per heavy atom. The molecule has 0 saturated carbocycles. The van der Waals surface area contributed by atoms with Crippen molar-refractivity contribution in [1.82, 2.24) is 20.2 Å². The van der Waals surface area contributed by atoms with Gasteiger partial charge in [0.2, 0.25) is 11.8 Å². The van der Waals surface area contributed by atoms with Crippen LogP contribution in [0.4, 0.5) is 9.59 Å². The van der Waals surface area contributed by atoms with Gasteiger partial charge >= 0.3 is 17.9 Å². The summed E-state index contributed by atoms with van der Waals surface area (Å²) in [4.78, 5) is 97.1. The molecule has 2 fully saturated rings. The highest BCUT2D eigenvalue weighted by Crippen LogP contribution is 2.35. The maximum atomic E-state index is 13.4. The molecule has 0 bridgehead atoms. The monoisotopic (exact) mass is 940 g/mol. The molecule has 0 aliphatic carbocycles. The highest BCUT2D eigenvalue weighted by atomic mass is 32.2. The maximum absolute atomic E-state index is 13.4. The lowest BCUT2D eigenvalue weighted by Gasteiger charge is -2.24. The summed E-state index contributed by atoms with van der Waals surface area (Å²) in [6, 6.07) is 21.3. The van der Waals surface area contributed by atoms with Crippen molar-refractivity contribution < 1.29 is 57.6 Å². The highest BCUT2D eigenvalue weighted by Gasteiger charge is 2.44. The summed E-state index contributed by atoms with van der Waals surface area (Å²) < 4.78 is 22.5. The topological polar surface area (TPSA) is 218 Å². The fourth-order valence-corrected chi connectivity index (χ4v) is 8.78. The van der Waals surface area contributed by atoms with Crippen LogP contribution in [0.1, 0.15) is 93.3 Å². The average Bonchev–Trinajstić information content (AvgIpc) is 3.70. The summed E-state index contributed by atoms with van der Waals surface area (Å²) in [6.07, 6.45) is 2.49. The molecule has 6 rings (SSSR count). The zero-order valence-electron chi connectivity index (χ0n) is 37.3. The fraction of sp³-hybridized carbons (Fsp3) is 0.396. The Hall–Kier alpha value is -6.27. The first-order valence-electron chi connectivity index (χ1n) is 21.4. The Balaban J connectivity index is 1.01. The van der Waals surface area contributed by atoms with Crippen LogP contribution in [0, 0.1) is 5.41 Å². The number of carboxylic acid groups (broad SMARTS) is 1. The van der Waals surface area contributed by atoms with Gasteiger partial charge in [0.1, 0.15) is 29.5 Å². The molecule has 2 N–H and O–H groups in total. The molecule has 66 heavy (non-hydrogen) atoms. The number of nitrogens with zero attached hydrogens (tertiary/aromatic N) is 3. The average molecular weight is 941 g/mol. The molecule has 0 radical (unpaired) electrons. The molecule has 2 saturated heterocycles. The highest BCUT2D eigenvalue weighted by molar-refractivity contribution is 8.16. The number of carboxylic acids is 1. The summed E-state index contributed by atoms with van der Waals surface area (Å²) in [5.41, 5.74) is 3.61. The minimum Gasteiger partial charge on any atom is -0.489 e. The molecule has 2 aromatic heterocycles. The van der Waals surface area contributed by atoms with E-state index in [9.17, 15) is 33.6 Å². The molecular formula is C48H52N4O12S2. The van der Waals surface area contributed by atoms with Gasteiger partial charge in [0.05, 0.1) is 23.5 Å². The number of hydrogen-bond acceptors (Lipinski definition) is 15. The molecule has 16 nitrogen and oxygen atoms in total. The number of ether oxygens (including phenoxy) is 4. The van der Waals surface area contributed by atoms with Crippen LogP contribution in [0.25, 0.3) is 0 Å². The van der Waals surface area contributed by atoms with E-state index in [-0.39, 0.29) is 60.9 Å². The molecule has 3 unspecified atom stereocenters. The number of aromatic nitrogens is 2. The van der Waals surface area contributed by atoms with Crippen molar-refractivity contribution in [3.63, 3.8) is 0 Å². The van der Waals surface area contributed by atoms with Crippen LogP contribution in [0.2, 0.25) is 0 Å². The molecule has 4 amide bonds. The van der Waals surface area contributed by atoms with Gasteiger partial charge in [0, 0.05) is 47.9 Å². The molecule has 18 heteroatoms. The van der Waals surface area contributed by atoms with Crippen LogP contribution in [-0.2, 0) is 59.1 Å². The molecular weight excluding hydrogens is 889 g/mol. The number of nitrogens with one attached hydrogen (secondary N) is 1. The zero-order chi connectivity index (χ0) is 47.6. The minimum atomic E-state index is -1.15. The van der Waals surface area contributed by atoms with Gasteiger partial charge < -0.3 is 24.1 Å². The number of carbonyl (C=O) groups excluding carboxylic acids is 6. The molecule has 2 aromatic carbocycles. The van der Waals surface area contributed by atoms with E-state index >= 15 is 0 Å². The van der Waals surface area contributed by atoms with Gasteiger partial charge in [-0.05, 0) is 106 Å². The van der Waals surface area contributed by atoms with Crippen molar-refractivity contribution in [1.29, 1.82) is 0 Å². The smallest absolute Gasteiger partial charge is 0.311 e. The number of pyridine rings is 2. The van der Waals surface area contributed by atoms with Crippen molar-refractivity contribution in [3.8, 4) is 11.5 Å². The van der Waals surface area contributed by atoms with E-state index in [4.69, 9.17) is 24.1 Å². The Bertz CT molecular complexity index is 2410. The predicted molar refractivity (Wildman–Crippen MR) is 245 cm³/mol. The number of carbonyl (C=O) groups is 7. The van der Waals surface area contributed by atoms with E-state index in [0.29, 0.717) is 41.2 Å². The number of aliphatic carboxylic acids is 1. The van der Waals surface area contributed by atoms with E-state index in [2.05, 4.69) is 15.3 Å². The number of esters is 2. The van der Waals surface area contributed by atoms with Gasteiger partial charge in [-0.25, -0.2) is 0 Å². The quantitative estimate of drug-likeness (QED) is 0.0777. The Morgan fingerprint density at radius 1 is 0.803 bits per heavy atom. The van der Waals surface area contributed by atoms with Crippen molar-refractivity contribution in [2.45, 2.75) is 95.3 Å². The van der Waals surface area contributed by atoms with Crippen molar-refractivity contribution in [3.05, 3.63) is 119 Å². The third-order valence-corrected chi connectivity index (χ3v) is 12.8. The van der Waals surface area contributed by atoms with Crippen LogP contribution >= 0.6 is 23.5 Å². The van der Waals surface area contributed by atoms with E-state index in [1.165, 1.54) is 11.1 Å². The van der Waals surface area contributed by atoms with Gasteiger partial charge in [-0.3, -0.25) is 53.7 Å². The number of imide groups is 2. The van der Waals surface area contributed by atoms with Gasteiger partial charge in [-0.1, -0.05) is 55.1 Å². The lowest BCUT2D eigenvalue weighted by atomic mass is 9.97. The molecule has 4 atom stereocenters. The van der Waals surface area contributed by atoms with Crippen LogP contribution < -0.4 is 14.8 Å². The van der Waals surface area contributed by atoms with Crippen LogP contribution in [0.3, 0.4) is 0 Å². The Labute approximate surface area is 390 Å². The van der Waals surface area contributed by atoms with Gasteiger partial charge in [0.25, 0.3) is 10.5 Å². The van der Waals surface area contributed by atoms with E-state index in [1.54, 1.807) is 82.4 Å². The number of benzene rings is 2. The normalized spacial score (nSPS) is 18.1. The third-order valence-electron chi connectivity index (χ3n) is 10.7. The van der Waals surface area contributed by atoms with Crippen LogP contribution in [0.15, 0.2) is 85.2 Å². The summed E-state index contributed by atoms with van der Waals surface area (Å²) in [6.45, 7) is 9.10. The number of rotatable bonds is 21. The molecule has 2 aliphatic rings. The first kappa shape index (κ1) is 49.2. The summed E-state index contributed by atoms with van der Waals surface area (Å²) in [7, 11) is 0. The second-order valence-electron chi connectivity index (χ2n) is 17.0. The zero-order valence-corrected chi connectivity index (χ0v) is 38.9. The lowest BCUT2D eigenvalue weighted by Crippen LogP contribution is -2.35. The SMILES string of the molecule is CCc1ccc([C@H](COc2ccc(CC3SC(=O)N(CCc4ccc(C(COc5ccc(CC6(C)SC(=O)NC6=O)cc5)OC(=O)CCC(=O)O)cn4)C3=O)cc2)OC(=O)C(C)(C)C)cn1. The first-order chi connectivity index (χ1) is 31.4. The van der Waals surface area contributed by atoms with Crippen LogP contribution in [-0.4, -0.2) is 89.9 Å². The molecule has 4 aromatic rings. The number of aryl methyl sites for hydroxylation is 1. The number of thioether (sulfide) groups is 2. The first-order valence-corrected chi connectivity index (χ1v) is 23.1. The van der Waals surface area contributed by atoms with E-state index in [0.717, 1.165) is 46.8 Å². The Morgan fingerprint density at radius 2 is 1.38 bits per heavy atom. The van der Waals surface area contributed by atoms with Crippen LogP contribution in [0.5, 0.6) is 11.5 Å². The molecule has 0 spiro atoms. The van der Waals surface area contributed by atoms with Gasteiger partial charge in [-0.2, -0.15) is 0 Å². The molecule has 348 valence electrons. The van der Waals surface area contributed by atoms with E-state index < -0.39 is 46.0 Å². The molecule has 4 heterocycles. The van der Waals surface area contributed by atoms with Crippen molar-refractivity contribution in [2.75, 3.05) is 19.8 Å². The lowest BCUT2D eigenvalue weighted by molar-refractivity contribution is -0.160. The largest absolute Gasteiger partial charge is 0.489 e. The maximum Gasteiger partial charge on any atom is 0.311 e. The van der Waals surface area contributed by atoms with Crippen molar-refractivity contribution in [2.24, 2.45) is 5.41 Å². The minimum absolute atomic E-state index is 0.0644. The van der Waals surface area contributed by atoms with Gasteiger partial charge in [-0.15, -0.1) is 0 Å². The fourth-order valence-electron chi connectivity index (χ4n) is 6.79.